The Morgan fingerprint density at radius 1 is 1.16 bits per heavy atom. The van der Waals surface area contributed by atoms with Gasteiger partial charge in [0.05, 0.1) is 18.4 Å². The molecule has 0 saturated heterocycles. The molecule has 162 valence electrons. The SMILES string of the molecule is CCOC(=O)N(C)c1ccc(NC(=O)CCc2ncc(-c3ccc(F)cc3F)o2)cc1. The second-order valence-corrected chi connectivity index (χ2v) is 6.60. The van der Waals surface area contributed by atoms with E-state index in [9.17, 15) is 18.4 Å². The van der Waals surface area contributed by atoms with Gasteiger partial charge in [0.1, 0.15) is 11.6 Å². The first-order valence-electron chi connectivity index (χ1n) is 9.58. The van der Waals surface area contributed by atoms with Crippen molar-refractivity contribution in [1.29, 1.82) is 0 Å². The standard InChI is InChI=1S/C22H21F2N3O4/c1-3-30-22(29)27(2)16-7-5-15(6-8-16)26-20(28)10-11-21-25-13-19(31-21)17-9-4-14(23)12-18(17)24/h4-9,12-13H,3,10-11H2,1-2H3,(H,26,28). The number of hydrogen-bond acceptors (Lipinski definition) is 5. The Morgan fingerprint density at radius 2 is 1.90 bits per heavy atom. The summed E-state index contributed by atoms with van der Waals surface area (Å²) in [6.45, 7) is 2.01. The van der Waals surface area contributed by atoms with Crippen molar-refractivity contribution in [1.82, 2.24) is 4.98 Å². The molecule has 0 aliphatic rings. The molecule has 0 aliphatic carbocycles. The molecule has 2 amide bonds. The summed E-state index contributed by atoms with van der Waals surface area (Å²) >= 11 is 0. The topological polar surface area (TPSA) is 84.7 Å². The normalized spacial score (nSPS) is 10.6. The monoisotopic (exact) mass is 429 g/mol. The van der Waals surface area contributed by atoms with Gasteiger partial charge in [0.2, 0.25) is 5.91 Å². The smallest absolute Gasteiger partial charge is 0.413 e. The van der Waals surface area contributed by atoms with Gasteiger partial charge in [-0.3, -0.25) is 9.69 Å². The van der Waals surface area contributed by atoms with Crippen LogP contribution in [0, 0.1) is 11.6 Å². The van der Waals surface area contributed by atoms with Crippen molar-refractivity contribution < 1.29 is 27.5 Å². The number of nitrogens with one attached hydrogen (secondary N) is 1. The van der Waals surface area contributed by atoms with E-state index in [1.807, 2.05) is 0 Å². The Labute approximate surface area is 177 Å². The van der Waals surface area contributed by atoms with Crippen LogP contribution in [0.2, 0.25) is 0 Å². The zero-order valence-corrected chi connectivity index (χ0v) is 17.0. The zero-order chi connectivity index (χ0) is 22.4. The number of carbonyl (C=O) groups excluding carboxylic acids is 2. The van der Waals surface area contributed by atoms with Crippen LogP contribution in [0.25, 0.3) is 11.3 Å². The van der Waals surface area contributed by atoms with Crippen LogP contribution in [0.15, 0.2) is 53.1 Å². The van der Waals surface area contributed by atoms with Crippen molar-refractivity contribution in [2.45, 2.75) is 19.8 Å². The van der Waals surface area contributed by atoms with Crippen molar-refractivity contribution >= 4 is 23.4 Å². The van der Waals surface area contributed by atoms with E-state index >= 15 is 0 Å². The highest BCUT2D eigenvalue weighted by atomic mass is 19.1. The molecule has 7 nitrogen and oxygen atoms in total. The van der Waals surface area contributed by atoms with E-state index in [1.54, 1.807) is 38.2 Å². The fourth-order valence-electron chi connectivity index (χ4n) is 2.78. The molecule has 1 N–H and O–H groups in total. The molecule has 0 saturated carbocycles. The maximum Gasteiger partial charge on any atom is 0.413 e. The van der Waals surface area contributed by atoms with Gasteiger partial charge >= 0.3 is 6.09 Å². The summed E-state index contributed by atoms with van der Waals surface area (Å²) in [5, 5.41) is 2.74. The summed E-state index contributed by atoms with van der Waals surface area (Å²) in [6, 6.07) is 9.87. The number of amides is 2. The van der Waals surface area contributed by atoms with Crippen LogP contribution in [0.5, 0.6) is 0 Å². The predicted octanol–water partition coefficient (Wildman–Crippen LogP) is 4.78. The molecule has 0 fully saturated rings. The maximum absolute atomic E-state index is 13.8. The highest BCUT2D eigenvalue weighted by Gasteiger charge is 2.14. The Kier molecular flexibility index (Phi) is 6.96. The number of carbonyl (C=O) groups is 2. The van der Waals surface area contributed by atoms with Crippen LogP contribution in [0.3, 0.4) is 0 Å². The van der Waals surface area contributed by atoms with E-state index in [-0.39, 0.29) is 42.6 Å². The molecule has 0 unspecified atom stereocenters. The minimum Gasteiger partial charge on any atom is -0.449 e. The van der Waals surface area contributed by atoms with Crippen molar-refractivity contribution in [3.05, 3.63) is 66.2 Å². The molecule has 9 heteroatoms. The quantitative estimate of drug-likeness (QED) is 0.584. The molecular weight excluding hydrogens is 408 g/mol. The Morgan fingerprint density at radius 3 is 2.58 bits per heavy atom. The van der Waals surface area contributed by atoms with Gasteiger partial charge in [-0.05, 0) is 43.3 Å². The fraction of sp³-hybridized carbons (Fsp3) is 0.227. The van der Waals surface area contributed by atoms with Gasteiger partial charge in [-0.1, -0.05) is 0 Å². The van der Waals surface area contributed by atoms with Gasteiger partial charge in [-0.15, -0.1) is 0 Å². The van der Waals surface area contributed by atoms with E-state index in [4.69, 9.17) is 9.15 Å². The summed E-state index contributed by atoms with van der Waals surface area (Å²) in [7, 11) is 1.59. The van der Waals surface area contributed by atoms with Gasteiger partial charge in [-0.25, -0.2) is 18.6 Å². The van der Waals surface area contributed by atoms with E-state index < -0.39 is 17.7 Å². The first-order chi connectivity index (χ1) is 14.9. The maximum atomic E-state index is 13.8. The van der Waals surface area contributed by atoms with E-state index in [0.717, 1.165) is 12.1 Å². The number of aromatic nitrogens is 1. The molecule has 0 radical (unpaired) electrons. The summed E-state index contributed by atoms with van der Waals surface area (Å²) < 4.78 is 37.3. The van der Waals surface area contributed by atoms with Gasteiger partial charge in [0.15, 0.2) is 11.7 Å². The van der Waals surface area contributed by atoms with Crippen LogP contribution < -0.4 is 10.2 Å². The third-order valence-electron chi connectivity index (χ3n) is 4.40. The van der Waals surface area contributed by atoms with Crippen molar-refractivity contribution in [2.75, 3.05) is 23.9 Å². The molecule has 0 spiro atoms. The summed E-state index contributed by atoms with van der Waals surface area (Å²) in [5.74, 6) is -1.27. The number of hydrogen-bond donors (Lipinski definition) is 1. The summed E-state index contributed by atoms with van der Waals surface area (Å²) in [4.78, 5) is 29.3. The van der Waals surface area contributed by atoms with Gasteiger partial charge < -0.3 is 14.5 Å². The lowest BCUT2D eigenvalue weighted by Gasteiger charge is -2.16. The second-order valence-electron chi connectivity index (χ2n) is 6.60. The second kappa shape index (κ2) is 9.84. The average Bonchev–Trinajstić information content (AvgIpc) is 3.21. The van der Waals surface area contributed by atoms with E-state index in [0.29, 0.717) is 11.4 Å². The molecule has 3 rings (SSSR count). The van der Waals surface area contributed by atoms with Crippen LogP contribution in [-0.4, -0.2) is 30.6 Å². The Balaban J connectivity index is 1.54. The molecule has 3 aromatic rings. The molecule has 0 bridgehead atoms. The molecule has 0 aliphatic heterocycles. The summed E-state index contributed by atoms with van der Waals surface area (Å²) in [6.07, 6.45) is 1.17. The molecule has 31 heavy (non-hydrogen) atoms. The highest BCUT2D eigenvalue weighted by molar-refractivity contribution is 5.92. The number of ether oxygens (including phenoxy) is 1. The number of rotatable bonds is 7. The number of nitrogens with zero attached hydrogens (tertiary/aromatic N) is 2. The number of aryl methyl sites for hydroxylation is 1. The Hall–Kier alpha value is -3.75. The molecule has 1 aromatic heterocycles. The van der Waals surface area contributed by atoms with E-state index in [2.05, 4.69) is 10.3 Å². The zero-order valence-electron chi connectivity index (χ0n) is 17.0. The molecule has 0 atom stereocenters. The molecule has 1 heterocycles. The van der Waals surface area contributed by atoms with Crippen molar-refractivity contribution in [3.8, 4) is 11.3 Å². The van der Waals surface area contributed by atoms with Crippen LogP contribution in [0.4, 0.5) is 25.0 Å². The predicted molar refractivity (Wildman–Crippen MR) is 111 cm³/mol. The van der Waals surface area contributed by atoms with Crippen molar-refractivity contribution in [3.63, 3.8) is 0 Å². The van der Waals surface area contributed by atoms with Crippen LogP contribution >= 0.6 is 0 Å². The van der Waals surface area contributed by atoms with Crippen LogP contribution in [0.1, 0.15) is 19.2 Å². The third-order valence-corrected chi connectivity index (χ3v) is 4.40. The van der Waals surface area contributed by atoms with E-state index in [1.165, 1.54) is 17.2 Å². The highest BCUT2D eigenvalue weighted by Crippen LogP contribution is 2.24. The average molecular weight is 429 g/mol. The summed E-state index contributed by atoms with van der Waals surface area (Å²) in [5.41, 5.74) is 1.28. The van der Waals surface area contributed by atoms with Gasteiger partial charge in [-0.2, -0.15) is 0 Å². The van der Waals surface area contributed by atoms with Crippen molar-refractivity contribution in [2.24, 2.45) is 0 Å². The third kappa shape index (κ3) is 5.65. The lowest BCUT2D eigenvalue weighted by molar-refractivity contribution is -0.116. The van der Waals surface area contributed by atoms with Gasteiger partial charge in [0, 0.05) is 37.3 Å². The number of halogens is 2. The number of benzene rings is 2. The minimum atomic E-state index is -0.752. The number of anilines is 2. The molecular formula is C22H21F2N3O4. The largest absolute Gasteiger partial charge is 0.449 e. The Bertz CT molecular complexity index is 1070. The lowest BCUT2D eigenvalue weighted by Crippen LogP contribution is -2.26. The first-order valence-corrected chi connectivity index (χ1v) is 9.58. The van der Waals surface area contributed by atoms with Gasteiger partial charge in [0.25, 0.3) is 0 Å². The number of oxazole rings is 1. The first kappa shape index (κ1) is 21.9. The minimum absolute atomic E-state index is 0.0936. The fourth-order valence-corrected chi connectivity index (χ4v) is 2.78. The lowest BCUT2D eigenvalue weighted by atomic mass is 10.2. The molecule has 2 aromatic carbocycles. The van der Waals surface area contributed by atoms with Crippen LogP contribution in [-0.2, 0) is 16.0 Å².